The van der Waals surface area contributed by atoms with Gasteiger partial charge >= 0.3 is 0 Å². The molecule has 0 spiro atoms. The van der Waals surface area contributed by atoms with Crippen LogP contribution in [0.25, 0.3) is 0 Å². The number of nitrogens with zero attached hydrogens (tertiary/aromatic N) is 1. The van der Waals surface area contributed by atoms with Crippen LogP contribution in [0.4, 0.5) is 0 Å². The van der Waals surface area contributed by atoms with Gasteiger partial charge in [0.1, 0.15) is 0 Å². The normalized spacial score (nSPS) is 25.6. The SMILES string of the molecule is CC(C)C1CNC(=S)N(C)C1. The molecule has 1 fully saturated rings. The zero-order valence-corrected chi connectivity index (χ0v) is 8.24. The molecule has 0 aliphatic carbocycles. The second kappa shape index (κ2) is 3.39. The van der Waals surface area contributed by atoms with Crippen LogP contribution in [0.1, 0.15) is 13.8 Å². The minimum Gasteiger partial charge on any atom is -0.362 e. The average Bonchev–Trinajstić information content (AvgIpc) is 1.94. The summed E-state index contributed by atoms with van der Waals surface area (Å²) in [6.45, 7) is 6.66. The van der Waals surface area contributed by atoms with Gasteiger partial charge in [-0.05, 0) is 24.1 Å². The summed E-state index contributed by atoms with van der Waals surface area (Å²) in [7, 11) is 2.05. The smallest absolute Gasteiger partial charge is 0.168 e. The van der Waals surface area contributed by atoms with Gasteiger partial charge in [-0.25, -0.2) is 0 Å². The van der Waals surface area contributed by atoms with Gasteiger partial charge in [0.2, 0.25) is 0 Å². The van der Waals surface area contributed by atoms with Crippen molar-refractivity contribution in [2.45, 2.75) is 13.8 Å². The lowest BCUT2D eigenvalue weighted by molar-refractivity contribution is 0.274. The Hall–Kier alpha value is -0.310. The minimum absolute atomic E-state index is 0.742. The third-order valence-electron chi connectivity index (χ3n) is 2.31. The highest BCUT2D eigenvalue weighted by Crippen LogP contribution is 2.14. The first kappa shape index (κ1) is 8.78. The van der Waals surface area contributed by atoms with Crippen LogP contribution in [0.3, 0.4) is 0 Å². The quantitative estimate of drug-likeness (QED) is 0.596. The number of nitrogens with one attached hydrogen (secondary N) is 1. The van der Waals surface area contributed by atoms with Gasteiger partial charge in [-0.15, -0.1) is 0 Å². The van der Waals surface area contributed by atoms with Gasteiger partial charge in [-0.2, -0.15) is 0 Å². The summed E-state index contributed by atoms with van der Waals surface area (Å²) in [5.41, 5.74) is 0. The molecule has 1 N–H and O–H groups in total. The van der Waals surface area contributed by atoms with E-state index in [1.807, 2.05) is 7.05 Å². The lowest BCUT2D eigenvalue weighted by atomic mass is 9.94. The molecule has 3 heteroatoms. The Labute approximate surface area is 74.0 Å². The zero-order chi connectivity index (χ0) is 8.43. The molecular formula is C8H16N2S. The Morgan fingerprint density at radius 1 is 1.64 bits per heavy atom. The molecule has 1 unspecified atom stereocenters. The van der Waals surface area contributed by atoms with Gasteiger partial charge in [-0.1, -0.05) is 13.8 Å². The molecule has 2 nitrogen and oxygen atoms in total. The average molecular weight is 172 g/mol. The van der Waals surface area contributed by atoms with Crippen molar-refractivity contribution in [3.8, 4) is 0 Å². The zero-order valence-electron chi connectivity index (χ0n) is 7.42. The van der Waals surface area contributed by atoms with Crippen molar-refractivity contribution < 1.29 is 0 Å². The molecule has 1 saturated heterocycles. The lowest BCUT2D eigenvalue weighted by Gasteiger charge is -2.34. The Morgan fingerprint density at radius 3 is 2.73 bits per heavy atom. The summed E-state index contributed by atoms with van der Waals surface area (Å²) < 4.78 is 0. The van der Waals surface area contributed by atoms with E-state index in [1.165, 1.54) is 0 Å². The Balaban J connectivity index is 2.46. The molecular weight excluding hydrogens is 156 g/mol. The molecule has 0 saturated carbocycles. The van der Waals surface area contributed by atoms with Crippen molar-refractivity contribution in [1.82, 2.24) is 10.2 Å². The summed E-state index contributed by atoms with van der Waals surface area (Å²) in [5.74, 6) is 1.49. The third-order valence-corrected chi connectivity index (χ3v) is 2.77. The van der Waals surface area contributed by atoms with Gasteiger partial charge < -0.3 is 10.2 Å². The maximum Gasteiger partial charge on any atom is 0.168 e. The van der Waals surface area contributed by atoms with Crippen molar-refractivity contribution in [1.29, 1.82) is 0 Å². The maximum atomic E-state index is 5.08. The van der Waals surface area contributed by atoms with E-state index in [9.17, 15) is 0 Å². The van der Waals surface area contributed by atoms with E-state index in [2.05, 4.69) is 24.1 Å². The second-order valence-electron chi connectivity index (χ2n) is 3.57. The van der Waals surface area contributed by atoms with Crippen LogP contribution in [-0.4, -0.2) is 30.1 Å². The van der Waals surface area contributed by atoms with Crippen molar-refractivity contribution in [2.75, 3.05) is 20.1 Å². The highest BCUT2D eigenvalue weighted by Gasteiger charge is 2.21. The van der Waals surface area contributed by atoms with Crippen molar-refractivity contribution in [2.24, 2.45) is 11.8 Å². The van der Waals surface area contributed by atoms with E-state index in [-0.39, 0.29) is 0 Å². The molecule has 1 atom stereocenters. The highest BCUT2D eigenvalue weighted by atomic mass is 32.1. The number of hydrogen-bond donors (Lipinski definition) is 1. The highest BCUT2D eigenvalue weighted by molar-refractivity contribution is 7.80. The van der Waals surface area contributed by atoms with Crippen LogP contribution in [0.15, 0.2) is 0 Å². The molecule has 0 aromatic heterocycles. The summed E-state index contributed by atoms with van der Waals surface area (Å²) in [4.78, 5) is 2.11. The fourth-order valence-corrected chi connectivity index (χ4v) is 1.46. The van der Waals surface area contributed by atoms with Crippen LogP contribution < -0.4 is 5.32 Å². The Kier molecular flexibility index (Phi) is 2.71. The van der Waals surface area contributed by atoms with E-state index < -0.39 is 0 Å². The monoisotopic (exact) mass is 172 g/mol. The molecule has 0 bridgehead atoms. The van der Waals surface area contributed by atoms with Gasteiger partial charge in [0, 0.05) is 20.1 Å². The molecule has 11 heavy (non-hydrogen) atoms. The van der Waals surface area contributed by atoms with Crippen LogP contribution >= 0.6 is 12.2 Å². The van der Waals surface area contributed by atoms with E-state index in [4.69, 9.17) is 12.2 Å². The molecule has 1 aliphatic rings. The van der Waals surface area contributed by atoms with Crippen molar-refractivity contribution in [3.63, 3.8) is 0 Å². The van der Waals surface area contributed by atoms with Crippen molar-refractivity contribution >= 4 is 17.3 Å². The first-order valence-electron chi connectivity index (χ1n) is 4.10. The van der Waals surface area contributed by atoms with Gasteiger partial charge in [0.15, 0.2) is 5.11 Å². The maximum absolute atomic E-state index is 5.08. The van der Waals surface area contributed by atoms with Crippen LogP contribution in [0.2, 0.25) is 0 Å². The van der Waals surface area contributed by atoms with Gasteiger partial charge in [-0.3, -0.25) is 0 Å². The van der Waals surface area contributed by atoms with Gasteiger partial charge in [0.25, 0.3) is 0 Å². The van der Waals surface area contributed by atoms with E-state index in [0.717, 1.165) is 30.0 Å². The number of rotatable bonds is 1. The molecule has 0 amide bonds. The Morgan fingerprint density at radius 2 is 2.27 bits per heavy atom. The predicted molar refractivity (Wildman–Crippen MR) is 51.6 cm³/mol. The lowest BCUT2D eigenvalue weighted by Crippen LogP contribution is -2.50. The fraction of sp³-hybridized carbons (Fsp3) is 0.875. The summed E-state index contributed by atoms with van der Waals surface area (Å²) in [5, 5.41) is 4.11. The van der Waals surface area contributed by atoms with E-state index in [1.54, 1.807) is 0 Å². The number of hydrogen-bond acceptors (Lipinski definition) is 1. The van der Waals surface area contributed by atoms with Crippen molar-refractivity contribution in [3.05, 3.63) is 0 Å². The molecule has 1 rings (SSSR count). The number of thiocarbonyl (C=S) groups is 1. The Bertz CT molecular complexity index is 156. The molecule has 0 radical (unpaired) electrons. The minimum atomic E-state index is 0.742. The largest absolute Gasteiger partial charge is 0.362 e. The summed E-state index contributed by atoms with van der Waals surface area (Å²) >= 11 is 5.08. The molecule has 0 aromatic rings. The van der Waals surface area contributed by atoms with E-state index >= 15 is 0 Å². The van der Waals surface area contributed by atoms with Crippen LogP contribution in [-0.2, 0) is 0 Å². The first-order chi connectivity index (χ1) is 5.11. The summed E-state index contributed by atoms with van der Waals surface area (Å²) in [6.07, 6.45) is 0. The standard InChI is InChI=1S/C8H16N2S/c1-6(2)7-4-9-8(11)10(3)5-7/h6-7H,4-5H2,1-3H3,(H,9,11). The third kappa shape index (κ3) is 2.06. The van der Waals surface area contributed by atoms with E-state index in [0.29, 0.717) is 0 Å². The molecule has 1 heterocycles. The topological polar surface area (TPSA) is 15.3 Å². The molecule has 1 aliphatic heterocycles. The fourth-order valence-electron chi connectivity index (χ4n) is 1.30. The molecule has 64 valence electrons. The van der Waals surface area contributed by atoms with Gasteiger partial charge in [0.05, 0.1) is 0 Å². The predicted octanol–water partition coefficient (Wildman–Crippen LogP) is 1.08. The molecule has 0 aromatic carbocycles. The van der Waals surface area contributed by atoms with Crippen LogP contribution in [0, 0.1) is 11.8 Å². The summed E-state index contributed by atoms with van der Waals surface area (Å²) in [6, 6.07) is 0. The first-order valence-corrected chi connectivity index (χ1v) is 4.51. The second-order valence-corrected chi connectivity index (χ2v) is 3.96. The van der Waals surface area contributed by atoms with Crippen LogP contribution in [0.5, 0.6) is 0 Å².